The maximum absolute atomic E-state index is 12.8. The number of hydrogen-bond donors (Lipinski definition) is 1. The smallest absolute Gasteiger partial charge is 0.431 e. The van der Waals surface area contributed by atoms with Gasteiger partial charge < -0.3 is 5.11 Å². The first-order chi connectivity index (χ1) is 10.5. The van der Waals surface area contributed by atoms with E-state index >= 15 is 0 Å². The molecule has 0 fully saturated rings. The Morgan fingerprint density at radius 3 is 2.35 bits per heavy atom. The summed E-state index contributed by atoms with van der Waals surface area (Å²) in [6.45, 7) is -0.476. The first-order valence-corrected chi connectivity index (χ1v) is 6.83. The fourth-order valence-corrected chi connectivity index (χ4v) is 2.53. The highest BCUT2D eigenvalue weighted by Crippen LogP contribution is 2.31. The highest BCUT2D eigenvalue weighted by Gasteiger charge is 2.35. The Hall–Kier alpha value is -1.93. The van der Waals surface area contributed by atoms with Crippen LogP contribution >= 0.6 is 23.2 Å². The minimum atomic E-state index is -4.84. The third-order valence-electron chi connectivity index (χ3n) is 3.13. The summed E-state index contributed by atoms with van der Waals surface area (Å²) in [5.41, 5.74) is -3.67. The molecule has 1 aromatic carbocycles. The highest BCUT2D eigenvalue weighted by atomic mass is 35.5. The number of alkyl halides is 3. The van der Waals surface area contributed by atoms with Crippen molar-refractivity contribution in [1.82, 2.24) is 9.13 Å². The highest BCUT2D eigenvalue weighted by molar-refractivity contribution is 6.35. The van der Waals surface area contributed by atoms with Crippen molar-refractivity contribution < 1.29 is 18.3 Å². The summed E-state index contributed by atoms with van der Waals surface area (Å²) >= 11 is 11.5. The number of aromatic nitrogens is 2. The molecule has 1 N–H and O–H groups in total. The molecule has 0 amide bonds. The second kappa shape index (κ2) is 5.93. The summed E-state index contributed by atoms with van der Waals surface area (Å²) in [5, 5.41) is 9.85. The van der Waals surface area contributed by atoms with Gasteiger partial charge in [-0.1, -0.05) is 23.2 Å². The van der Waals surface area contributed by atoms with Crippen LogP contribution in [0.5, 0.6) is 5.75 Å². The van der Waals surface area contributed by atoms with Gasteiger partial charge in [0.25, 0.3) is 5.56 Å². The van der Waals surface area contributed by atoms with Crippen LogP contribution in [0.25, 0.3) is 0 Å². The molecule has 0 saturated heterocycles. The molecule has 1 heterocycles. The number of halogens is 5. The summed E-state index contributed by atoms with van der Waals surface area (Å²) in [6, 6.07) is 2.81. The Bertz CT molecular complexity index is 888. The number of phenolic OH excluding ortho intramolecular Hbond substituents is 1. The van der Waals surface area contributed by atoms with E-state index in [0.29, 0.717) is 15.2 Å². The largest absolute Gasteiger partial charge is 0.506 e. The zero-order valence-electron chi connectivity index (χ0n) is 11.5. The molecule has 0 bridgehead atoms. The van der Waals surface area contributed by atoms with Gasteiger partial charge in [0.05, 0.1) is 11.6 Å². The lowest BCUT2D eigenvalue weighted by Crippen LogP contribution is -2.41. The van der Waals surface area contributed by atoms with Gasteiger partial charge in [0, 0.05) is 23.7 Å². The van der Waals surface area contributed by atoms with Crippen molar-refractivity contribution in [3.63, 3.8) is 0 Å². The van der Waals surface area contributed by atoms with E-state index in [-0.39, 0.29) is 15.6 Å². The van der Waals surface area contributed by atoms with Gasteiger partial charge in [-0.25, -0.2) is 4.79 Å². The first kappa shape index (κ1) is 17.4. The van der Waals surface area contributed by atoms with Crippen molar-refractivity contribution >= 4 is 23.2 Å². The third-order valence-corrected chi connectivity index (χ3v) is 3.64. The zero-order valence-corrected chi connectivity index (χ0v) is 13.0. The molecule has 2 aromatic rings. The lowest BCUT2D eigenvalue weighted by Gasteiger charge is -2.14. The summed E-state index contributed by atoms with van der Waals surface area (Å²) in [7, 11) is 0.895. The van der Waals surface area contributed by atoms with E-state index in [1.165, 1.54) is 12.1 Å². The fraction of sp³-hybridized carbons (Fsp3) is 0.231. The van der Waals surface area contributed by atoms with Crippen LogP contribution in [-0.4, -0.2) is 14.2 Å². The van der Waals surface area contributed by atoms with Gasteiger partial charge in [0.2, 0.25) is 0 Å². The molecule has 0 saturated carbocycles. The molecule has 124 valence electrons. The summed E-state index contributed by atoms with van der Waals surface area (Å²) < 4.78 is 39.1. The molecule has 0 spiro atoms. The standard InChI is InChI=1S/C13H9Cl2F3N2O3/c1-19-9(13(16,17)18)4-10(21)20(12(19)23)5-6-2-7(14)3-8(15)11(6)22/h2-4,22H,5H2,1H3. The molecule has 2 rings (SSSR count). The van der Waals surface area contributed by atoms with Crippen LogP contribution in [0.15, 0.2) is 27.8 Å². The van der Waals surface area contributed by atoms with Crippen molar-refractivity contribution in [2.75, 3.05) is 0 Å². The molecule has 5 nitrogen and oxygen atoms in total. The first-order valence-electron chi connectivity index (χ1n) is 6.07. The number of nitrogens with zero attached hydrogens (tertiary/aromatic N) is 2. The van der Waals surface area contributed by atoms with Gasteiger partial charge >= 0.3 is 11.9 Å². The van der Waals surface area contributed by atoms with E-state index in [4.69, 9.17) is 23.2 Å². The average molecular weight is 369 g/mol. The van der Waals surface area contributed by atoms with Crippen LogP contribution in [0.3, 0.4) is 0 Å². The second-order valence-corrected chi connectivity index (χ2v) is 5.53. The number of phenols is 1. The fourth-order valence-electron chi connectivity index (χ4n) is 2.00. The molecule has 23 heavy (non-hydrogen) atoms. The quantitative estimate of drug-likeness (QED) is 0.885. The topological polar surface area (TPSA) is 64.2 Å². The zero-order chi connectivity index (χ0) is 17.5. The predicted molar refractivity (Wildman–Crippen MR) is 78.2 cm³/mol. The minimum absolute atomic E-state index is 0.0291. The van der Waals surface area contributed by atoms with E-state index in [2.05, 4.69) is 0 Å². The van der Waals surface area contributed by atoms with Crippen LogP contribution < -0.4 is 11.2 Å². The Morgan fingerprint density at radius 2 is 1.78 bits per heavy atom. The lowest BCUT2D eigenvalue weighted by molar-refractivity contribution is -0.144. The second-order valence-electron chi connectivity index (χ2n) is 4.69. The van der Waals surface area contributed by atoms with Crippen LogP contribution in [0.4, 0.5) is 13.2 Å². The predicted octanol–water partition coefficient (Wildman–Crippen LogP) is 2.63. The Balaban J connectivity index is 2.62. The Kier molecular flexibility index (Phi) is 4.50. The van der Waals surface area contributed by atoms with Gasteiger partial charge in [0.15, 0.2) is 0 Å². The normalized spacial score (nSPS) is 11.7. The molecule has 0 aliphatic rings. The summed E-state index contributed by atoms with van der Waals surface area (Å²) in [5.74, 6) is -0.412. The molecule has 0 aliphatic carbocycles. The molecule has 1 aromatic heterocycles. The monoisotopic (exact) mass is 368 g/mol. The molecule has 0 unspecified atom stereocenters. The molecule has 10 heteroatoms. The van der Waals surface area contributed by atoms with Crippen molar-refractivity contribution in [1.29, 1.82) is 0 Å². The van der Waals surface area contributed by atoms with E-state index < -0.39 is 35.4 Å². The van der Waals surface area contributed by atoms with Gasteiger partial charge in [-0.3, -0.25) is 13.9 Å². The van der Waals surface area contributed by atoms with E-state index in [9.17, 15) is 27.9 Å². The molecular weight excluding hydrogens is 360 g/mol. The number of benzene rings is 1. The van der Waals surface area contributed by atoms with E-state index in [1.807, 2.05) is 0 Å². The van der Waals surface area contributed by atoms with Crippen LogP contribution in [0, 0.1) is 0 Å². The van der Waals surface area contributed by atoms with Gasteiger partial charge in [-0.05, 0) is 12.1 Å². The van der Waals surface area contributed by atoms with Gasteiger partial charge in [-0.2, -0.15) is 13.2 Å². The van der Waals surface area contributed by atoms with Gasteiger partial charge in [0.1, 0.15) is 11.4 Å². The van der Waals surface area contributed by atoms with Crippen LogP contribution in [0.2, 0.25) is 10.0 Å². The van der Waals surface area contributed by atoms with Crippen LogP contribution in [-0.2, 0) is 19.8 Å². The Labute approximate surface area is 137 Å². The average Bonchev–Trinajstić information content (AvgIpc) is 2.42. The molecule has 0 radical (unpaired) electrons. The molecular formula is C13H9Cl2F3N2O3. The van der Waals surface area contributed by atoms with Crippen molar-refractivity contribution in [2.45, 2.75) is 12.7 Å². The third kappa shape index (κ3) is 3.37. The SMILES string of the molecule is Cn1c(C(F)(F)F)cc(=O)n(Cc2cc(Cl)cc(Cl)c2O)c1=O. The maximum atomic E-state index is 12.8. The van der Waals surface area contributed by atoms with Crippen molar-refractivity contribution in [3.8, 4) is 5.75 Å². The van der Waals surface area contributed by atoms with Crippen molar-refractivity contribution in [3.05, 3.63) is 60.3 Å². The van der Waals surface area contributed by atoms with Crippen LogP contribution in [0.1, 0.15) is 11.3 Å². The molecule has 0 aliphatic heterocycles. The number of hydrogen-bond acceptors (Lipinski definition) is 3. The van der Waals surface area contributed by atoms with E-state index in [1.54, 1.807) is 0 Å². The summed E-state index contributed by atoms with van der Waals surface area (Å²) in [6.07, 6.45) is -4.84. The number of rotatable bonds is 2. The number of aromatic hydroxyl groups is 1. The lowest BCUT2D eigenvalue weighted by atomic mass is 10.2. The van der Waals surface area contributed by atoms with E-state index in [0.717, 1.165) is 7.05 Å². The van der Waals surface area contributed by atoms with Gasteiger partial charge in [-0.15, -0.1) is 0 Å². The molecule has 0 atom stereocenters. The Morgan fingerprint density at radius 1 is 1.17 bits per heavy atom. The minimum Gasteiger partial charge on any atom is -0.506 e. The van der Waals surface area contributed by atoms with Crippen molar-refractivity contribution in [2.24, 2.45) is 7.05 Å². The summed E-state index contributed by atoms with van der Waals surface area (Å²) in [4.78, 5) is 23.9. The maximum Gasteiger partial charge on any atom is 0.431 e.